The average molecular weight is 341 g/mol. The van der Waals surface area contributed by atoms with Gasteiger partial charge in [0.1, 0.15) is 0 Å². The fourth-order valence-corrected chi connectivity index (χ4v) is 3.05. The van der Waals surface area contributed by atoms with Gasteiger partial charge in [-0.05, 0) is 12.8 Å². The van der Waals surface area contributed by atoms with Crippen LogP contribution in [0.15, 0.2) is 12.2 Å². The molecule has 142 valence electrons. The summed E-state index contributed by atoms with van der Waals surface area (Å²) in [6.07, 6.45) is 22.0. The fraction of sp³-hybridized carbons (Fsp3) is 0.857. The molecule has 3 nitrogen and oxygen atoms in total. The van der Waals surface area contributed by atoms with Crippen molar-refractivity contribution in [2.24, 2.45) is 0 Å². The Bertz CT molecular complexity index is 299. The van der Waals surface area contributed by atoms with Crippen molar-refractivity contribution in [1.29, 1.82) is 0 Å². The van der Waals surface area contributed by atoms with E-state index in [2.05, 4.69) is 18.4 Å². The van der Waals surface area contributed by atoms with E-state index in [9.17, 15) is 4.79 Å². The molecular weight excluding hydrogens is 300 g/mol. The van der Waals surface area contributed by atoms with Gasteiger partial charge >= 0.3 is 5.97 Å². The van der Waals surface area contributed by atoms with Crippen LogP contribution in [0.3, 0.4) is 0 Å². The summed E-state index contributed by atoms with van der Waals surface area (Å²) in [6.45, 7) is 5.87. The maximum Gasteiger partial charge on any atom is 0.368 e. The summed E-state index contributed by atoms with van der Waals surface area (Å²) in [4.78, 5) is 14.6. The highest BCUT2D eigenvalue weighted by atomic mass is 17.1. The molecule has 0 amide bonds. The lowest BCUT2D eigenvalue weighted by Gasteiger charge is -2.04. The second-order valence-electron chi connectivity index (χ2n) is 7.04. The van der Waals surface area contributed by atoms with Crippen molar-refractivity contribution >= 4 is 5.97 Å². The highest BCUT2D eigenvalue weighted by molar-refractivity contribution is 5.87. The maximum absolute atomic E-state index is 10.9. The second kappa shape index (κ2) is 18.5. The topological polar surface area (TPSA) is 46.5 Å². The third-order valence-corrected chi connectivity index (χ3v) is 4.70. The zero-order chi connectivity index (χ0) is 17.9. The van der Waals surface area contributed by atoms with Crippen LogP contribution in [0, 0.1) is 0 Å². The minimum absolute atomic E-state index is 0.364. The third kappa shape index (κ3) is 16.0. The molecule has 24 heavy (non-hydrogen) atoms. The quantitative estimate of drug-likeness (QED) is 0.124. The van der Waals surface area contributed by atoms with Crippen LogP contribution < -0.4 is 0 Å². The van der Waals surface area contributed by atoms with Crippen molar-refractivity contribution in [2.75, 3.05) is 0 Å². The Kier molecular flexibility index (Phi) is 17.9. The lowest BCUT2D eigenvalue weighted by Crippen LogP contribution is -2.03. The number of carbonyl (C=O) groups excluding carboxylic acids is 1. The lowest BCUT2D eigenvalue weighted by atomic mass is 10.0. The van der Waals surface area contributed by atoms with Crippen LogP contribution in [0.25, 0.3) is 0 Å². The summed E-state index contributed by atoms with van der Waals surface area (Å²) in [7, 11) is 0. The largest absolute Gasteiger partial charge is 0.368 e. The summed E-state index contributed by atoms with van der Waals surface area (Å²) in [6, 6.07) is 0. The van der Waals surface area contributed by atoms with Crippen LogP contribution in [0.4, 0.5) is 0 Å². The molecule has 0 aliphatic carbocycles. The standard InChI is InChI=1S/C21H40O3/c1-3-4-5-6-7-8-9-10-11-12-13-14-15-16-17-18-19-20(2)21(22)24-23/h23H,2-19H2,1H3. The van der Waals surface area contributed by atoms with Gasteiger partial charge in [0.15, 0.2) is 0 Å². The molecule has 0 aromatic heterocycles. The summed E-state index contributed by atoms with van der Waals surface area (Å²) in [5, 5.41) is 8.23. The maximum atomic E-state index is 10.9. The highest BCUT2D eigenvalue weighted by Gasteiger charge is 2.06. The van der Waals surface area contributed by atoms with Gasteiger partial charge in [0.2, 0.25) is 0 Å². The Morgan fingerprint density at radius 2 is 1.04 bits per heavy atom. The van der Waals surface area contributed by atoms with Gasteiger partial charge in [-0.1, -0.05) is 110 Å². The average Bonchev–Trinajstić information content (AvgIpc) is 2.60. The van der Waals surface area contributed by atoms with Crippen molar-refractivity contribution in [3.8, 4) is 0 Å². The van der Waals surface area contributed by atoms with Crippen LogP contribution in [0.5, 0.6) is 0 Å². The Balaban J connectivity index is 3.10. The molecule has 0 fully saturated rings. The number of hydrogen-bond donors (Lipinski definition) is 1. The van der Waals surface area contributed by atoms with Crippen LogP contribution >= 0.6 is 0 Å². The van der Waals surface area contributed by atoms with Gasteiger partial charge in [-0.2, -0.15) is 5.26 Å². The monoisotopic (exact) mass is 340 g/mol. The van der Waals surface area contributed by atoms with E-state index in [4.69, 9.17) is 5.26 Å². The van der Waals surface area contributed by atoms with E-state index < -0.39 is 5.97 Å². The lowest BCUT2D eigenvalue weighted by molar-refractivity contribution is -0.229. The highest BCUT2D eigenvalue weighted by Crippen LogP contribution is 2.15. The van der Waals surface area contributed by atoms with Crippen molar-refractivity contribution in [3.63, 3.8) is 0 Å². The van der Waals surface area contributed by atoms with Gasteiger partial charge in [-0.3, -0.25) is 4.89 Å². The van der Waals surface area contributed by atoms with E-state index in [0.29, 0.717) is 12.0 Å². The predicted octanol–water partition coefficient (Wildman–Crippen LogP) is 7.21. The third-order valence-electron chi connectivity index (χ3n) is 4.70. The molecule has 0 aromatic carbocycles. The van der Waals surface area contributed by atoms with Gasteiger partial charge in [0.25, 0.3) is 0 Å². The molecule has 0 radical (unpaired) electrons. The number of unbranched alkanes of at least 4 members (excludes halogenated alkanes) is 15. The Morgan fingerprint density at radius 1 is 0.708 bits per heavy atom. The molecule has 0 saturated carbocycles. The molecule has 0 saturated heterocycles. The van der Waals surface area contributed by atoms with Crippen LogP contribution in [-0.4, -0.2) is 11.2 Å². The van der Waals surface area contributed by atoms with Crippen LogP contribution in [0.1, 0.15) is 116 Å². The Morgan fingerprint density at radius 3 is 1.38 bits per heavy atom. The van der Waals surface area contributed by atoms with Crippen LogP contribution in [-0.2, 0) is 9.68 Å². The SMILES string of the molecule is C=C(CCCCCCCCCCCCCCCCCC)C(=O)OO. The molecule has 0 unspecified atom stereocenters. The molecular formula is C21H40O3. The van der Waals surface area contributed by atoms with Gasteiger partial charge in [-0.15, -0.1) is 0 Å². The smallest absolute Gasteiger partial charge is 0.296 e. The first-order valence-corrected chi connectivity index (χ1v) is 10.3. The van der Waals surface area contributed by atoms with Gasteiger partial charge in [-0.25, -0.2) is 4.79 Å². The first kappa shape index (κ1) is 23.2. The molecule has 0 aromatic rings. The summed E-state index contributed by atoms with van der Waals surface area (Å²) in [5.74, 6) is -0.698. The van der Waals surface area contributed by atoms with Gasteiger partial charge < -0.3 is 0 Å². The normalized spacial score (nSPS) is 10.8. The van der Waals surface area contributed by atoms with Gasteiger partial charge in [0.05, 0.1) is 0 Å². The number of rotatable bonds is 18. The molecule has 1 N–H and O–H groups in total. The van der Waals surface area contributed by atoms with Crippen molar-refractivity contribution in [1.82, 2.24) is 0 Å². The van der Waals surface area contributed by atoms with Crippen molar-refractivity contribution in [3.05, 3.63) is 12.2 Å². The molecule has 0 spiro atoms. The van der Waals surface area contributed by atoms with Crippen molar-refractivity contribution in [2.45, 2.75) is 116 Å². The second-order valence-corrected chi connectivity index (χ2v) is 7.04. The van der Waals surface area contributed by atoms with E-state index in [-0.39, 0.29) is 0 Å². The van der Waals surface area contributed by atoms with E-state index in [1.165, 1.54) is 89.9 Å². The first-order chi connectivity index (χ1) is 11.7. The van der Waals surface area contributed by atoms with E-state index in [1.54, 1.807) is 0 Å². The Labute approximate surface area is 149 Å². The Hall–Kier alpha value is -0.830. The van der Waals surface area contributed by atoms with Gasteiger partial charge in [0, 0.05) is 5.57 Å². The molecule has 0 atom stereocenters. The van der Waals surface area contributed by atoms with Crippen LogP contribution in [0.2, 0.25) is 0 Å². The minimum atomic E-state index is -0.698. The first-order valence-electron chi connectivity index (χ1n) is 10.3. The van der Waals surface area contributed by atoms with E-state index >= 15 is 0 Å². The molecule has 3 heteroatoms. The molecule has 0 bridgehead atoms. The zero-order valence-electron chi connectivity index (χ0n) is 16.0. The van der Waals surface area contributed by atoms with Crippen molar-refractivity contribution < 1.29 is 14.9 Å². The minimum Gasteiger partial charge on any atom is -0.296 e. The molecule has 0 rings (SSSR count). The summed E-state index contributed by atoms with van der Waals surface area (Å²) in [5.41, 5.74) is 0.364. The van der Waals surface area contributed by atoms with E-state index in [1.807, 2.05) is 0 Å². The summed E-state index contributed by atoms with van der Waals surface area (Å²) < 4.78 is 0. The zero-order valence-corrected chi connectivity index (χ0v) is 16.0. The summed E-state index contributed by atoms with van der Waals surface area (Å²) >= 11 is 0. The molecule has 0 aliphatic heterocycles. The molecule has 0 aliphatic rings. The number of carbonyl (C=O) groups is 1. The van der Waals surface area contributed by atoms with E-state index in [0.717, 1.165) is 12.8 Å². The predicted molar refractivity (Wildman–Crippen MR) is 102 cm³/mol. The number of hydrogen-bond acceptors (Lipinski definition) is 3. The molecule has 0 heterocycles. The fourth-order valence-electron chi connectivity index (χ4n) is 3.05.